The van der Waals surface area contributed by atoms with Crippen LogP contribution in [0, 0.1) is 0 Å². The van der Waals surface area contributed by atoms with Crippen molar-refractivity contribution in [1.29, 1.82) is 0 Å². The summed E-state index contributed by atoms with van der Waals surface area (Å²) in [6, 6.07) is 8.42. The van der Waals surface area contributed by atoms with E-state index in [2.05, 4.69) is 13.8 Å². The van der Waals surface area contributed by atoms with Crippen molar-refractivity contribution in [2.45, 2.75) is 46.1 Å². The van der Waals surface area contributed by atoms with Gasteiger partial charge in [0.15, 0.2) is 5.76 Å². The van der Waals surface area contributed by atoms with Crippen molar-refractivity contribution in [3.63, 3.8) is 0 Å². The summed E-state index contributed by atoms with van der Waals surface area (Å²) in [7, 11) is 3.15. The number of rotatable bonds is 11. The molecule has 0 radical (unpaired) electrons. The van der Waals surface area contributed by atoms with Gasteiger partial charge in [0.05, 0.1) is 32.9 Å². The molecule has 0 amide bonds. The van der Waals surface area contributed by atoms with Gasteiger partial charge < -0.3 is 24.2 Å². The molecule has 0 saturated carbocycles. The summed E-state index contributed by atoms with van der Waals surface area (Å²) in [6.45, 7) is 6.89. The summed E-state index contributed by atoms with van der Waals surface area (Å²) in [5.41, 5.74) is 1.70. The molecule has 32 heavy (non-hydrogen) atoms. The molecule has 0 bridgehead atoms. The van der Waals surface area contributed by atoms with Gasteiger partial charge in [0.2, 0.25) is 5.78 Å². The quantitative estimate of drug-likeness (QED) is 0.544. The lowest BCUT2D eigenvalue weighted by Crippen LogP contribution is -3.10. The highest BCUT2D eigenvalue weighted by Crippen LogP contribution is 2.39. The van der Waals surface area contributed by atoms with Crippen molar-refractivity contribution in [1.82, 2.24) is 0 Å². The zero-order valence-electron chi connectivity index (χ0n) is 19.5. The van der Waals surface area contributed by atoms with Crippen LogP contribution in [0.25, 0.3) is 6.08 Å². The number of methoxy groups -OCH3 is 2. The van der Waals surface area contributed by atoms with E-state index in [0.717, 1.165) is 38.8 Å². The maximum atomic E-state index is 13.1. The molecule has 6 heteroatoms. The molecular weight excluding hydrogens is 406 g/mol. The molecule has 2 aromatic rings. The molecule has 3 rings (SSSR count). The Morgan fingerprint density at radius 3 is 2.38 bits per heavy atom. The molecular formula is C26H33NO5. The minimum atomic E-state index is -0.227. The van der Waals surface area contributed by atoms with Gasteiger partial charge in [-0.15, -0.1) is 0 Å². The lowest BCUT2D eigenvalue weighted by atomic mass is 10.0. The summed E-state index contributed by atoms with van der Waals surface area (Å²) >= 11 is 0. The first kappa shape index (κ1) is 23.7. The smallest absolute Gasteiger partial charge is 0.231 e. The molecule has 0 aliphatic carbocycles. The minimum absolute atomic E-state index is 0.0812. The Balaban J connectivity index is 1.94. The normalized spacial score (nSPS) is 14.0. The third-order valence-electron chi connectivity index (χ3n) is 5.82. The average molecular weight is 440 g/mol. The van der Waals surface area contributed by atoms with Crippen LogP contribution in [0.15, 0.2) is 36.1 Å². The number of carbonyl (C=O) groups excluding carboxylic acids is 1. The highest BCUT2D eigenvalue weighted by atomic mass is 16.5. The van der Waals surface area contributed by atoms with Gasteiger partial charge in [-0.25, -0.2) is 0 Å². The average Bonchev–Trinajstić information content (AvgIpc) is 3.12. The Labute approximate surface area is 190 Å². The number of quaternary nitrogens is 1. The van der Waals surface area contributed by atoms with E-state index in [-0.39, 0.29) is 17.3 Å². The number of carbonyl (C=O) groups is 1. The predicted octanol–water partition coefficient (Wildman–Crippen LogP) is 3.38. The van der Waals surface area contributed by atoms with E-state index in [9.17, 15) is 9.90 Å². The third kappa shape index (κ3) is 5.25. The fourth-order valence-electron chi connectivity index (χ4n) is 3.96. The van der Waals surface area contributed by atoms with Gasteiger partial charge in [-0.1, -0.05) is 38.5 Å². The molecule has 1 aliphatic heterocycles. The number of hydrogen-bond acceptors (Lipinski definition) is 5. The zero-order chi connectivity index (χ0) is 23.1. The molecule has 2 aromatic carbocycles. The van der Waals surface area contributed by atoms with Gasteiger partial charge in [0, 0.05) is 11.1 Å². The Morgan fingerprint density at radius 2 is 1.75 bits per heavy atom. The van der Waals surface area contributed by atoms with Crippen molar-refractivity contribution in [3.8, 4) is 23.0 Å². The third-order valence-corrected chi connectivity index (χ3v) is 5.82. The Hall–Kier alpha value is -2.99. The standard InChI is InChI=1S/C26H33NO5/c1-5-7-13-27(14-8-6-2)17-21-22(28)11-10-20-25(29)24(32-26(20)21)16-18-15-19(30-3)9-12-23(18)31-4/h9-12,15-16,28H,5-8,13-14,17H2,1-4H3/b24-16-. The minimum Gasteiger partial charge on any atom is -0.872 e. The van der Waals surface area contributed by atoms with E-state index in [4.69, 9.17) is 14.2 Å². The Morgan fingerprint density at radius 1 is 1.03 bits per heavy atom. The van der Waals surface area contributed by atoms with Gasteiger partial charge in [0.1, 0.15) is 23.8 Å². The lowest BCUT2D eigenvalue weighted by Gasteiger charge is -2.23. The molecule has 0 saturated heterocycles. The maximum absolute atomic E-state index is 13.1. The number of ether oxygens (including phenoxy) is 3. The van der Waals surface area contributed by atoms with Gasteiger partial charge in [-0.05, 0) is 43.2 Å². The summed E-state index contributed by atoms with van der Waals surface area (Å²) in [4.78, 5) is 14.4. The molecule has 0 fully saturated rings. The number of allylic oxidation sites excluding steroid dienone is 1. The van der Waals surface area contributed by atoms with Crippen LogP contribution in [0.3, 0.4) is 0 Å². The van der Waals surface area contributed by atoms with Gasteiger partial charge >= 0.3 is 0 Å². The molecule has 0 unspecified atom stereocenters. The van der Waals surface area contributed by atoms with Crippen molar-refractivity contribution >= 4 is 11.9 Å². The van der Waals surface area contributed by atoms with Crippen molar-refractivity contribution in [2.24, 2.45) is 0 Å². The number of ketones is 1. The predicted molar refractivity (Wildman–Crippen MR) is 123 cm³/mol. The van der Waals surface area contributed by atoms with E-state index in [1.54, 1.807) is 44.6 Å². The summed E-state index contributed by atoms with van der Waals surface area (Å²) in [6.07, 6.45) is 6.07. The largest absolute Gasteiger partial charge is 0.872 e. The van der Waals surface area contributed by atoms with Crippen LogP contribution in [-0.2, 0) is 6.54 Å². The number of Topliss-reactive ketones (excluding diaryl/α,β-unsaturated/α-hetero) is 1. The molecule has 6 nitrogen and oxygen atoms in total. The van der Waals surface area contributed by atoms with Crippen LogP contribution in [0.5, 0.6) is 23.0 Å². The highest BCUT2D eigenvalue weighted by Gasteiger charge is 2.31. The summed E-state index contributed by atoms with van der Waals surface area (Å²) in [5, 5.41) is 12.8. The van der Waals surface area contributed by atoms with Crippen molar-refractivity contribution < 1.29 is 29.0 Å². The molecule has 0 spiro atoms. The lowest BCUT2D eigenvalue weighted by molar-refractivity contribution is -0.914. The van der Waals surface area contributed by atoms with E-state index < -0.39 is 0 Å². The fraction of sp³-hybridized carbons (Fsp3) is 0.423. The summed E-state index contributed by atoms with van der Waals surface area (Å²) in [5.74, 6) is 1.53. The first-order valence-electron chi connectivity index (χ1n) is 11.3. The van der Waals surface area contributed by atoms with Gasteiger partial charge in [-0.2, -0.15) is 0 Å². The second-order valence-corrected chi connectivity index (χ2v) is 8.10. The Bertz CT molecular complexity index is 974. The van der Waals surface area contributed by atoms with Gasteiger partial charge in [-0.3, -0.25) is 4.79 Å². The van der Waals surface area contributed by atoms with E-state index in [0.29, 0.717) is 40.5 Å². The van der Waals surface area contributed by atoms with Crippen LogP contribution in [0.2, 0.25) is 0 Å². The second-order valence-electron chi connectivity index (χ2n) is 8.10. The van der Waals surface area contributed by atoms with E-state index in [1.807, 2.05) is 0 Å². The van der Waals surface area contributed by atoms with Crippen molar-refractivity contribution in [2.75, 3.05) is 27.3 Å². The molecule has 0 atom stereocenters. The van der Waals surface area contributed by atoms with E-state index in [1.165, 1.54) is 11.0 Å². The molecule has 1 heterocycles. The first-order valence-corrected chi connectivity index (χ1v) is 11.3. The summed E-state index contributed by atoms with van der Waals surface area (Å²) < 4.78 is 16.7. The fourth-order valence-corrected chi connectivity index (χ4v) is 3.96. The number of unbranched alkanes of at least 4 members (excludes halogenated alkanes) is 2. The van der Waals surface area contributed by atoms with Gasteiger partial charge in [0.25, 0.3) is 0 Å². The molecule has 0 aromatic heterocycles. The number of nitrogens with one attached hydrogen (secondary N) is 1. The number of benzene rings is 2. The van der Waals surface area contributed by atoms with Crippen LogP contribution in [0.1, 0.15) is 61.0 Å². The van der Waals surface area contributed by atoms with Crippen LogP contribution in [0.4, 0.5) is 0 Å². The second kappa shape index (κ2) is 11.0. The Kier molecular flexibility index (Phi) is 8.17. The van der Waals surface area contributed by atoms with E-state index >= 15 is 0 Å². The first-order chi connectivity index (χ1) is 15.5. The zero-order valence-corrected chi connectivity index (χ0v) is 19.5. The number of hydrogen-bond donors (Lipinski definition) is 1. The van der Waals surface area contributed by atoms with Crippen LogP contribution >= 0.6 is 0 Å². The molecule has 1 N–H and O–H groups in total. The van der Waals surface area contributed by atoms with Crippen LogP contribution in [-0.4, -0.2) is 33.1 Å². The SMILES string of the molecule is CCCC[NH+](CCCC)Cc1c([O-])ccc2c1O/C(=C\c1cc(OC)ccc1OC)C2=O. The highest BCUT2D eigenvalue weighted by molar-refractivity contribution is 6.15. The monoisotopic (exact) mass is 439 g/mol. The maximum Gasteiger partial charge on any atom is 0.231 e. The van der Waals surface area contributed by atoms with Crippen molar-refractivity contribution in [3.05, 3.63) is 52.8 Å². The topological polar surface area (TPSA) is 72.3 Å². The molecule has 172 valence electrons. The van der Waals surface area contributed by atoms with Crippen LogP contribution < -0.4 is 24.2 Å². The number of fused-ring (bicyclic) bond motifs is 1. The molecule has 1 aliphatic rings.